The van der Waals surface area contributed by atoms with Crippen molar-refractivity contribution in [2.24, 2.45) is 0 Å². The molecule has 1 aromatic heterocycles. The summed E-state index contributed by atoms with van der Waals surface area (Å²) >= 11 is 1.32. The van der Waals surface area contributed by atoms with Gasteiger partial charge in [0.15, 0.2) is 5.82 Å². The number of carbonyl (C=O) groups excluding carboxylic acids is 2. The van der Waals surface area contributed by atoms with E-state index in [2.05, 4.69) is 20.6 Å². The molecular formula is C7H9N5O2S. The maximum absolute atomic E-state index is 11.5. The monoisotopic (exact) mass is 227 g/mol. The van der Waals surface area contributed by atoms with Crippen molar-refractivity contribution in [1.29, 1.82) is 0 Å². The van der Waals surface area contributed by atoms with Crippen molar-refractivity contribution in [2.45, 2.75) is 13.0 Å². The van der Waals surface area contributed by atoms with Gasteiger partial charge in [-0.05, 0) is 6.92 Å². The lowest BCUT2D eigenvalue weighted by molar-refractivity contribution is -0.144. The Bertz CT molecular complexity index is 363. The van der Waals surface area contributed by atoms with Gasteiger partial charge in [-0.3, -0.25) is 14.5 Å². The van der Waals surface area contributed by atoms with E-state index < -0.39 is 6.04 Å². The van der Waals surface area contributed by atoms with Gasteiger partial charge in [-0.25, -0.2) is 0 Å². The highest BCUT2D eigenvalue weighted by Crippen LogP contribution is 2.22. The van der Waals surface area contributed by atoms with Crippen LogP contribution in [0.5, 0.6) is 0 Å². The van der Waals surface area contributed by atoms with E-state index >= 15 is 0 Å². The predicted octanol–water partition coefficient (Wildman–Crippen LogP) is -0.637. The minimum absolute atomic E-state index is 0.200. The molecule has 1 saturated heterocycles. The Labute approximate surface area is 89.6 Å². The maximum atomic E-state index is 11.5. The van der Waals surface area contributed by atoms with Crippen LogP contribution in [0.2, 0.25) is 0 Å². The number of thioether (sulfide) groups is 1. The lowest BCUT2D eigenvalue weighted by Gasteiger charge is -2.28. The molecule has 0 spiro atoms. The molecule has 0 bridgehead atoms. The van der Waals surface area contributed by atoms with E-state index in [1.807, 2.05) is 0 Å². The first kappa shape index (κ1) is 10.1. The molecule has 80 valence electrons. The Balaban J connectivity index is 2.21. The minimum Gasteiger partial charge on any atom is -0.273 e. The molecule has 1 unspecified atom stereocenters. The van der Waals surface area contributed by atoms with Crippen LogP contribution < -0.4 is 0 Å². The first-order chi connectivity index (χ1) is 7.20. The number of hydrogen-bond acceptors (Lipinski definition) is 6. The topological polar surface area (TPSA) is 91.8 Å². The van der Waals surface area contributed by atoms with Crippen molar-refractivity contribution in [3.63, 3.8) is 0 Å². The van der Waals surface area contributed by atoms with Crippen LogP contribution in [0.3, 0.4) is 0 Å². The normalized spacial score (nSPS) is 19.4. The Kier molecular flexibility index (Phi) is 2.67. The molecule has 2 amide bonds. The van der Waals surface area contributed by atoms with E-state index in [1.165, 1.54) is 16.7 Å². The van der Waals surface area contributed by atoms with Crippen molar-refractivity contribution in [3.05, 3.63) is 5.82 Å². The highest BCUT2D eigenvalue weighted by molar-refractivity contribution is 8.00. The quantitative estimate of drug-likeness (QED) is 0.676. The predicted molar refractivity (Wildman–Crippen MR) is 51.8 cm³/mol. The number of hydrogen-bond donors (Lipinski definition) is 1. The van der Waals surface area contributed by atoms with Crippen LogP contribution in [-0.4, -0.2) is 48.8 Å². The number of amides is 2. The lowest BCUT2D eigenvalue weighted by atomic mass is 10.2. The van der Waals surface area contributed by atoms with E-state index in [9.17, 15) is 9.59 Å². The van der Waals surface area contributed by atoms with E-state index in [0.29, 0.717) is 17.3 Å². The van der Waals surface area contributed by atoms with E-state index in [0.717, 1.165) is 0 Å². The fourth-order valence-electron chi connectivity index (χ4n) is 1.40. The zero-order valence-electron chi connectivity index (χ0n) is 8.01. The maximum Gasteiger partial charge on any atom is 0.239 e. The fourth-order valence-corrected chi connectivity index (χ4v) is 2.13. The molecule has 1 atom stereocenters. The number of aromatic amines is 1. The molecule has 0 saturated carbocycles. The second-order valence-electron chi connectivity index (χ2n) is 3.10. The number of carbonyl (C=O) groups is 2. The molecule has 2 rings (SSSR count). The molecule has 0 aliphatic carbocycles. The van der Waals surface area contributed by atoms with Crippen molar-refractivity contribution < 1.29 is 9.59 Å². The molecule has 0 radical (unpaired) electrons. The van der Waals surface area contributed by atoms with Gasteiger partial charge >= 0.3 is 0 Å². The van der Waals surface area contributed by atoms with Crippen LogP contribution in [0.4, 0.5) is 0 Å². The van der Waals surface area contributed by atoms with Gasteiger partial charge in [0.1, 0.15) is 6.04 Å². The fraction of sp³-hybridized carbons (Fsp3) is 0.571. The molecule has 1 aliphatic heterocycles. The number of tetrazole rings is 1. The summed E-state index contributed by atoms with van der Waals surface area (Å²) in [6.07, 6.45) is 0. The van der Waals surface area contributed by atoms with E-state index in [-0.39, 0.29) is 11.8 Å². The second kappa shape index (κ2) is 3.97. The molecule has 2 heterocycles. The molecule has 1 aliphatic rings. The summed E-state index contributed by atoms with van der Waals surface area (Å²) in [4.78, 5) is 24.3. The molecule has 0 aromatic carbocycles. The molecular weight excluding hydrogens is 218 g/mol. The number of rotatable bonds is 2. The van der Waals surface area contributed by atoms with Crippen LogP contribution in [0.15, 0.2) is 0 Å². The number of nitrogens with one attached hydrogen (secondary N) is 1. The number of nitrogens with zero attached hydrogens (tertiary/aromatic N) is 4. The summed E-state index contributed by atoms with van der Waals surface area (Å²) in [5.74, 6) is 0.604. The number of imide groups is 1. The second-order valence-corrected chi connectivity index (χ2v) is 4.08. The van der Waals surface area contributed by atoms with Gasteiger partial charge in [-0.1, -0.05) is 5.21 Å². The summed E-state index contributed by atoms with van der Waals surface area (Å²) in [5, 5.41) is 13.2. The molecule has 1 aromatic rings. The summed E-state index contributed by atoms with van der Waals surface area (Å²) in [6.45, 7) is 1.70. The first-order valence-electron chi connectivity index (χ1n) is 4.36. The van der Waals surface area contributed by atoms with Gasteiger partial charge in [0.05, 0.1) is 11.5 Å². The molecule has 15 heavy (non-hydrogen) atoms. The van der Waals surface area contributed by atoms with Gasteiger partial charge < -0.3 is 0 Å². The third-order valence-corrected chi connectivity index (χ3v) is 3.01. The zero-order valence-corrected chi connectivity index (χ0v) is 8.82. The zero-order chi connectivity index (χ0) is 10.8. The number of H-pyrrole nitrogens is 1. The van der Waals surface area contributed by atoms with Crippen molar-refractivity contribution in [2.75, 3.05) is 11.5 Å². The Morgan fingerprint density at radius 1 is 1.40 bits per heavy atom. The van der Waals surface area contributed by atoms with Gasteiger partial charge in [0, 0.05) is 0 Å². The third kappa shape index (κ3) is 1.84. The van der Waals surface area contributed by atoms with Crippen LogP contribution in [0.1, 0.15) is 18.8 Å². The lowest BCUT2D eigenvalue weighted by Crippen LogP contribution is -2.44. The smallest absolute Gasteiger partial charge is 0.239 e. The molecule has 1 fully saturated rings. The van der Waals surface area contributed by atoms with Crippen LogP contribution in [0.25, 0.3) is 0 Å². The summed E-state index contributed by atoms with van der Waals surface area (Å²) in [6, 6.07) is -0.454. The Hall–Kier alpha value is -1.44. The SMILES string of the molecule is CC(c1nn[nH]n1)N1C(=O)CSCC1=O. The summed E-state index contributed by atoms with van der Waals surface area (Å²) < 4.78 is 0. The number of aromatic nitrogens is 4. The van der Waals surface area contributed by atoms with E-state index in [4.69, 9.17) is 0 Å². The van der Waals surface area contributed by atoms with Crippen LogP contribution >= 0.6 is 11.8 Å². The summed E-state index contributed by atoms with van der Waals surface area (Å²) in [7, 11) is 0. The van der Waals surface area contributed by atoms with Crippen molar-refractivity contribution >= 4 is 23.6 Å². The van der Waals surface area contributed by atoms with Gasteiger partial charge in [0.2, 0.25) is 11.8 Å². The Morgan fingerprint density at radius 2 is 2.07 bits per heavy atom. The minimum atomic E-state index is -0.454. The van der Waals surface area contributed by atoms with Gasteiger partial charge in [-0.2, -0.15) is 5.21 Å². The molecule has 7 nitrogen and oxygen atoms in total. The Morgan fingerprint density at radius 3 is 2.60 bits per heavy atom. The van der Waals surface area contributed by atoms with Gasteiger partial charge in [0.25, 0.3) is 0 Å². The molecule has 8 heteroatoms. The standard InChI is InChI=1S/C7H9N5O2S/c1-4(7-8-10-11-9-7)12-5(13)2-15-3-6(12)14/h4H,2-3H2,1H3,(H,8,9,10,11). The average Bonchev–Trinajstić information content (AvgIpc) is 2.69. The average molecular weight is 227 g/mol. The van der Waals surface area contributed by atoms with Crippen molar-refractivity contribution in [1.82, 2.24) is 25.5 Å². The highest BCUT2D eigenvalue weighted by Gasteiger charge is 2.33. The summed E-state index contributed by atoms with van der Waals surface area (Å²) in [5.41, 5.74) is 0. The van der Waals surface area contributed by atoms with Crippen molar-refractivity contribution in [3.8, 4) is 0 Å². The largest absolute Gasteiger partial charge is 0.273 e. The van der Waals surface area contributed by atoms with Gasteiger partial charge in [-0.15, -0.1) is 22.0 Å². The van der Waals surface area contributed by atoms with Crippen LogP contribution in [0, 0.1) is 0 Å². The third-order valence-electron chi connectivity index (χ3n) is 2.11. The molecule has 1 N–H and O–H groups in total. The highest BCUT2D eigenvalue weighted by atomic mass is 32.2. The first-order valence-corrected chi connectivity index (χ1v) is 5.51. The van der Waals surface area contributed by atoms with Crippen LogP contribution in [-0.2, 0) is 9.59 Å². The van der Waals surface area contributed by atoms with E-state index in [1.54, 1.807) is 6.92 Å².